The summed E-state index contributed by atoms with van der Waals surface area (Å²) in [5.74, 6) is 0.832. The molecule has 1 heterocycles. The van der Waals surface area contributed by atoms with Gasteiger partial charge in [-0.3, -0.25) is 0 Å². The normalized spacial score (nSPS) is 16.2. The molecule has 0 spiro atoms. The number of rotatable bonds is 5. The molecule has 1 saturated carbocycles. The fourth-order valence-corrected chi connectivity index (χ4v) is 3.96. The Hall–Kier alpha value is -1.64. The zero-order chi connectivity index (χ0) is 14.1. The summed E-state index contributed by atoms with van der Waals surface area (Å²) in [6.45, 7) is 0.945. The zero-order valence-corrected chi connectivity index (χ0v) is 12.8. The second kappa shape index (κ2) is 5.63. The van der Waals surface area contributed by atoms with Crippen molar-refractivity contribution in [2.75, 3.05) is 0 Å². The standard InChI is InChI=1S/C19H19NS/c1-2-8-17-14(5-1)6-3-7-16(17)13-20-19(15-10-11-15)18-9-4-12-21-18/h1-9,12,15,19-20H,10-11,13H2. The number of benzene rings is 2. The summed E-state index contributed by atoms with van der Waals surface area (Å²) < 4.78 is 0. The van der Waals surface area contributed by atoms with Gasteiger partial charge in [0.05, 0.1) is 0 Å². The monoisotopic (exact) mass is 293 g/mol. The van der Waals surface area contributed by atoms with E-state index in [2.05, 4.69) is 65.3 Å². The summed E-state index contributed by atoms with van der Waals surface area (Å²) in [6, 6.07) is 20.2. The van der Waals surface area contributed by atoms with Crippen LogP contribution in [0.25, 0.3) is 10.8 Å². The highest BCUT2D eigenvalue weighted by molar-refractivity contribution is 7.10. The van der Waals surface area contributed by atoms with Crippen LogP contribution in [0, 0.1) is 5.92 Å². The molecule has 0 bridgehead atoms. The molecule has 0 amide bonds. The predicted octanol–water partition coefficient (Wildman–Crippen LogP) is 5.14. The second-order valence-corrected chi connectivity index (χ2v) is 6.83. The third-order valence-corrected chi connectivity index (χ3v) is 5.29. The van der Waals surface area contributed by atoms with Crippen LogP contribution < -0.4 is 5.32 Å². The molecule has 1 aliphatic rings. The van der Waals surface area contributed by atoms with Crippen LogP contribution in [0.2, 0.25) is 0 Å². The molecule has 4 rings (SSSR count). The fourth-order valence-electron chi connectivity index (χ4n) is 3.06. The Labute approximate surface area is 129 Å². The SMILES string of the molecule is c1csc(C(NCc2cccc3ccccc23)C2CC2)c1. The lowest BCUT2D eigenvalue weighted by atomic mass is 10.0. The first-order chi connectivity index (χ1) is 10.4. The van der Waals surface area contributed by atoms with Crippen LogP contribution >= 0.6 is 11.3 Å². The summed E-state index contributed by atoms with van der Waals surface area (Å²) in [4.78, 5) is 1.48. The van der Waals surface area contributed by atoms with E-state index in [1.54, 1.807) is 0 Å². The van der Waals surface area contributed by atoms with Crippen molar-refractivity contribution in [1.29, 1.82) is 0 Å². The van der Waals surface area contributed by atoms with Gasteiger partial charge in [0.25, 0.3) is 0 Å². The largest absolute Gasteiger partial charge is 0.305 e. The highest BCUT2D eigenvalue weighted by Gasteiger charge is 2.32. The van der Waals surface area contributed by atoms with Gasteiger partial charge in [-0.2, -0.15) is 0 Å². The van der Waals surface area contributed by atoms with Crippen LogP contribution in [0.4, 0.5) is 0 Å². The van der Waals surface area contributed by atoms with E-state index in [1.165, 1.54) is 34.1 Å². The van der Waals surface area contributed by atoms with Crippen LogP contribution in [-0.4, -0.2) is 0 Å². The summed E-state index contributed by atoms with van der Waals surface area (Å²) in [7, 11) is 0. The first kappa shape index (κ1) is 13.1. The van der Waals surface area contributed by atoms with Crippen LogP contribution in [0.5, 0.6) is 0 Å². The Bertz CT molecular complexity index is 723. The summed E-state index contributed by atoms with van der Waals surface area (Å²) in [5.41, 5.74) is 1.40. The highest BCUT2D eigenvalue weighted by atomic mass is 32.1. The van der Waals surface area contributed by atoms with Crippen molar-refractivity contribution in [3.05, 3.63) is 70.4 Å². The van der Waals surface area contributed by atoms with Crippen LogP contribution in [0.1, 0.15) is 29.3 Å². The van der Waals surface area contributed by atoms with Gasteiger partial charge in [-0.15, -0.1) is 11.3 Å². The molecule has 2 aromatic carbocycles. The van der Waals surface area contributed by atoms with Crippen LogP contribution in [-0.2, 0) is 6.54 Å². The average Bonchev–Trinajstić information content (AvgIpc) is 3.22. The lowest BCUT2D eigenvalue weighted by molar-refractivity contribution is 0.488. The molecule has 106 valence electrons. The van der Waals surface area contributed by atoms with E-state index >= 15 is 0 Å². The van der Waals surface area contributed by atoms with E-state index < -0.39 is 0 Å². The predicted molar refractivity (Wildman–Crippen MR) is 90.6 cm³/mol. The van der Waals surface area contributed by atoms with Gasteiger partial charge < -0.3 is 5.32 Å². The maximum atomic E-state index is 3.80. The molecule has 1 aromatic heterocycles. The Morgan fingerprint density at radius 3 is 2.67 bits per heavy atom. The summed E-state index contributed by atoms with van der Waals surface area (Å²) in [5, 5.41) is 8.69. The topological polar surface area (TPSA) is 12.0 Å². The minimum Gasteiger partial charge on any atom is -0.305 e. The molecule has 1 nitrogen and oxygen atoms in total. The van der Waals surface area contributed by atoms with Gasteiger partial charge in [0.1, 0.15) is 0 Å². The van der Waals surface area contributed by atoms with Crippen molar-refractivity contribution >= 4 is 22.1 Å². The molecule has 1 N–H and O–H groups in total. The van der Waals surface area contributed by atoms with Crippen molar-refractivity contribution in [3.8, 4) is 0 Å². The molecule has 21 heavy (non-hydrogen) atoms. The molecule has 3 aromatic rings. The summed E-state index contributed by atoms with van der Waals surface area (Å²) >= 11 is 1.88. The van der Waals surface area contributed by atoms with E-state index in [0.717, 1.165) is 12.5 Å². The van der Waals surface area contributed by atoms with E-state index in [9.17, 15) is 0 Å². The smallest absolute Gasteiger partial charge is 0.0446 e. The van der Waals surface area contributed by atoms with Gasteiger partial charge in [-0.05, 0) is 46.5 Å². The third kappa shape index (κ3) is 2.74. The number of hydrogen-bond donors (Lipinski definition) is 1. The molecular formula is C19H19NS. The molecule has 1 atom stereocenters. The van der Waals surface area contributed by atoms with Crippen molar-refractivity contribution < 1.29 is 0 Å². The van der Waals surface area contributed by atoms with Crippen molar-refractivity contribution in [3.63, 3.8) is 0 Å². The van der Waals surface area contributed by atoms with Crippen LogP contribution in [0.3, 0.4) is 0 Å². The summed E-state index contributed by atoms with van der Waals surface area (Å²) in [6.07, 6.45) is 2.73. The molecule has 0 aliphatic heterocycles. The van der Waals surface area contributed by atoms with E-state index in [-0.39, 0.29) is 0 Å². The minimum atomic E-state index is 0.531. The fraction of sp³-hybridized carbons (Fsp3) is 0.263. The number of thiophene rings is 1. The number of fused-ring (bicyclic) bond motifs is 1. The van der Waals surface area contributed by atoms with Crippen LogP contribution in [0.15, 0.2) is 60.0 Å². The highest BCUT2D eigenvalue weighted by Crippen LogP contribution is 2.42. The second-order valence-electron chi connectivity index (χ2n) is 5.85. The molecule has 0 saturated heterocycles. The van der Waals surface area contributed by atoms with Crippen molar-refractivity contribution in [2.24, 2.45) is 5.92 Å². The zero-order valence-electron chi connectivity index (χ0n) is 12.0. The van der Waals surface area contributed by atoms with Gasteiger partial charge in [0.15, 0.2) is 0 Å². The van der Waals surface area contributed by atoms with E-state index in [1.807, 2.05) is 11.3 Å². The van der Waals surface area contributed by atoms with Gasteiger partial charge in [0, 0.05) is 17.5 Å². The number of nitrogens with one attached hydrogen (secondary N) is 1. The molecule has 1 aliphatic carbocycles. The third-order valence-electron chi connectivity index (χ3n) is 4.34. The quantitative estimate of drug-likeness (QED) is 0.686. The number of hydrogen-bond acceptors (Lipinski definition) is 2. The Morgan fingerprint density at radius 1 is 1.00 bits per heavy atom. The Morgan fingerprint density at radius 2 is 1.86 bits per heavy atom. The van der Waals surface area contributed by atoms with E-state index in [0.29, 0.717) is 6.04 Å². The maximum Gasteiger partial charge on any atom is 0.0446 e. The molecule has 2 heteroatoms. The van der Waals surface area contributed by atoms with Crippen molar-refractivity contribution in [2.45, 2.75) is 25.4 Å². The molecule has 1 fully saturated rings. The lowest BCUT2D eigenvalue weighted by Crippen LogP contribution is -2.21. The van der Waals surface area contributed by atoms with Gasteiger partial charge in [-0.25, -0.2) is 0 Å². The average molecular weight is 293 g/mol. The lowest BCUT2D eigenvalue weighted by Gasteiger charge is -2.17. The van der Waals surface area contributed by atoms with Gasteiger partial charge in [0.2, 0.25) is 0 Å². The Balaban J connectivity index is 1.57. The molecule has 1 unspecified atom stereocenters. The van der Waals surface area contributed by atoms with E-state index in [4.69, 9.17) is 0 Å². The molecule has 0 radical (unpaired) electrons. The van der Waals surface area contributed by atoms with Crippen molar-refractivity contribution in [1.82, 2.24) is 5.32 Å². The minimum absolute atomic E-state index is 0.531. The first-order valence-corrected chi connectivity index (χ1v) is 8.53. The first-order valence-electron chi connectivity index (χ1n) is 7.65. The van der Waals surface area contributed by atoms with Gasteiger partial charge >= 0.3 is 0 Å². The van der Waals surface area contributed by atoms with Gasteiger partial charge in [-0.1, -0.05) is 48.5 Å². The maximum absolute atomic E-state index is 3.80. The Kier molecular flexibility index (Phi) is 3.50. The molecular weight excluding hydrogens is 274 g/mol.